The third-order valence-electron chi connectivity index (χ3n) is 2.84. The Kier molecular flexibility index (Phi) is 3.52. The Bertz CT molecular complexity index is 340. The van der Waals surface area contributed by atoms with Gasteiger partial charge in [-0.1, -0.05) is 15.9 Å². The van der Waals surface area contributed by atoms with Crippen LogP contribution in [0.15, 0.2) is 18.2 Å². The van der Waals surface area contributed by atoms with Crippen LogP contribution in [-0.2, 0) is 6.42 Å². The van der Waals surface area contributed by atoms with Crippen LogP contribution in [0.3, 0.4) is 0 Å². The molecule has 0 N–H and O–H groups in total. The number of fused-ring (bicyclic) bond motifs is 1. The number of alkyl halides is 1. The molecule has 1 aliphatic rings. The largest absolute Gasteiger partial charge is 0.497 e. The van der Waals surface area contributed by atoms with E-state index in [1.165, 1.54) is 17.7 Å². The van der Waals surface area contributed by atoms with Crippen molar-refractivity contribution in [2.45, 2.75) is 12.8 Å². The van der Waals surface area contributed by atoms with Gasteiger partial charge in [0.05, 0.1) is 7.11 Å². The lowest BCUT2D eigenvalue weighted by atomic mass is 10.1. The first kappa shape index (κ1) is 10.8. The Morgan fingerprint density at radius 3 is 3.07 bits per heavy atom. The lowest BCUT2D eigenvalue weighted by Crippen LogP contribution is -2.21. The number of hydrogen-bond donors (Lipinski definition) is 0. The number of benzene rings is 1. The third-order valence-corrected chi connectivity index (χ3v) is 3.40. The maximum Gasteiger partial charge on any atom is 0.119 e. The number of ether oxygens (including phenoxy) is 1. The van der Waals surface area contributed by atoms with Crippen LogP contribution in [-0.4, -0.2) is 25.5 Å². The Morgan fingerprint density at radius 2 is 2.33 bits per heavy atom. The minimum atomic E-state index is 0.969. The molecule has 1 heterocycles. The van der Waals surface area contributed by atoms with Gasteiger partial charge in [0.2, 0.25) is 0 Å². The molecule has 0 aliphatic carbocycles. The highest BCUT2D eigenvalue weighted by molar-refractivity contribution is 9.09. The van der Waals surface area contributed by atoms with Crippen LogP contribution in [0.4, 0.5) is 5.69 Å². The van der Waals surface area contributed by atoms with E-state index in [-0.39, 0.29) is 0 Å². The topological polar surface area (TPSA) is 12.5 Å². The van der Waals surface area contributed by atoms with Crippen molar-refractivity contribution in [2.24, 2.45) is 0 Å². The van der Waals surface area contributed by atoms with Crippen molar-refractivity contribution in [3.05, 3.63) is 23.8 Å². The minimum Gasteiger partial charge on any atom is -0.497 e. The smallest absolute Gasteiger partial charge is 0.119 e. The SMILES string of the molecule is COc1ccc2c(c1)CCN2CCCBr. The maximum atomic E-state index is 5.23. The highest BCUT2D eigenvalue weighted by atomic mass is 79.9. The van der Waals surface area contributed by atoms with Gasteiger partial charge >= 0.3 is 0 Å². The molecule has 3 heteroatoms. The van der Waals surface area contributed by atoms with Gasteiger partial charge in [0.25, 0.3) is 0 Å². The van der Waals surface area contributed by atoms with Crippen molar-refractivity contribution in [1.82, 2.24) is 0 Å². The quantitative estimate of drug-likeness (QED) is 0.780. The second-order valence-corrected chi connectivity index (χ2v) is 4.57. The van der Waals surface area contributed by atoms with Gasteiger partial charge in [0, 0.05) is 24.1 Å². The fourth-order valence-electron chi connectivity index (χ4n) is 2.06. The first-order chi connectivity index (χ1) is 7.35. The van der Waals surface area contributed by atoms with E-state index < -0.39 is 0 Å². The fourth-order valence-corrected chi connectivity index (χ4v) is 2.31. The van der Waals surface area contributed by atoms with Crippen LogP contribution in [0.1, 0.15) is 12.0 Å². The van der Waals surface area contributed by atoms with Crippen molar-refractivity contribution in [1.29, 1.82) is 0 Å². The van der Waals surface area contributed by atoms with Gasteiger partial charge in [-0.3, -0.25) is 0 Å². The molecule has 0 saturated carbocycles. The average molecular weight is 270 g/mol. The number of rotatable bonds is 4. The molecule has 0 spiro atoms. The molecule has 0 fully saturated rings. The van der Waals surface area contributed by atoms with Gasteiger partial charge in [0.1, 0.15) is 5.75 Å². The van der Waals surface area contributed by atoms with Crippen LogP contribution >= 0.6 is 15.9 Å². The van der Waals surface area contributed by atoms with E-state index in [4.69, 9.17) is 4.74 Å². The monoisotopic (exact) mass is 269 g/mol. The molecule has 1 aromatic rings. The molecule has 82 valence electrons. The second kappa shape index (κ2) is 4.88. The predicted molar refractivity (Wildman–Crippen MR) is 67.3 cm³/mol. The Labute approximate surface area is 99.4 Å². The molecule has 0 amide bonds. The van der Waals surface area contributed by atoms with Gasteiger partial charge in [-0.25, -0.2) is 0 Å². The molecule has 2 rings (SSSR count). The van der Waals surface area contributed by atoms with Crippen molar-refractivity contribution in [2.75, 3.05) is 30.4 Å². The molecule has 2 nitrogen and oxygen atoms in total. The van der Waals surface area contributed by atoms with Crippen LogP contribution in [0.2, 0.25) is 0 Å². The summed E-state index contributed by atoms with van der Waals surface area (Å²) in [4.78, 5) is 2.45. The summed E-state index contributed by atoms with van der Waals surface area (Å²) in [7, 11) is 1.72. The van der Waals surface area contributed by atoms with Gasteiger partial charge in [0.15, 0.2) is 0 Å². The van der Waals surface area contributed by atoms with E-state index >= 15 is 0 Å². The van der Waals surface area contributed by atoms with Crippen molar-refractivity contribution in [3.63, 3.8) is 0 Å². The summed E-state index contributed by atoms with van der Waals surface area (Å²) in [5.74, 6) is 0.969. The molecule has 0 atom stereocenters. The average Bonchev–Trinajstić information content (AvgIpc) is 2.68. The summed E-state index contributed by atoms with van der Waals surface area (Å²) in [6.07, 6.45) is 2.35. The number of anilines is 1. The standard InChI is InChI=1S/C12H16BrNO/c1-15-11-3-4-12-10(9-11)5-8-14(12)7-2-6-13/h3-4,9H,2,5-8H2,1H3. The Morgan fingerprint density at radius 1 is 1.47 bits per heavy atom. The zero-order chi connectivity index (χ0) is 10.7. The van der Waals surface area contributed by atoms with Crippen LogP contribution < -0.4 is 9.64 Å². The summed E-state index contributed by atoms with van der Waals surface area (Å²) in [6, 6.07) is 6.38. The number of methoxy groups -OCH3 is 1. The minimum absolute atomic E-state index is 0.969. The van der Waals surface area contributed by atoms with Crippen LogP contribution in [0.25, 0.3) is 0 Å². The number of halogens is 1. The van der Waals surface area contributed by atoms with Crippen LogP contribution in [0.5, 0.6) is 5.75 Å². The van der Waals surface area contributed by atoms with E-state index in [1.54, 1.807) is 7.11 Å². The number of hydrogen-bond acceptors (Lipinski definition) is 2. The molecule has 1 aromatic carbocycles. The fraction of sp³-hybridized carbons (Fsp3) is 0.500. The molecule has 15 heavy (non-hydrogen) atoms. The lowest BCUT2D eigenvalue weighted by molar-refractivity contribution is 0.414. The predicted octanol–water partition coefficient (Wildman–Crippen LogP) is 2.84. The summed E-state index contributed by atoms with van der Waals surface area (Å²) in [5.41, 5.74) is 2.81. The molecular weight excluding hydrogens is 254 g/mol. The molecule has 0 aromatic heterocycles. The van der Waals surface area contributed by atoms with Gasteiger partial charge in [-0.05, 0) is 36.6 Å². The first-order valence-corrected chi connectivity index (χ1v) is 6.45. The van der Waals surface area contributed by atoms with Crippen LogP contribution in [0, 0.1) is 0 Å². The van der Waals surface area contributed by atoms with E-state index in [2.05, 4.69) is 33.0 Å². The normalized spacial score (nSPS) is 14.1. The van der Waals surface area contributed by atoms with Crippen molar-refractivity contribution >= 4 is 21.6 Å². The zero-order valence-corrected chi connectivity index (χ0v) is 10.6. The van der Waals surface area contributed by atoms with E-state index in [9.17, 15) is 0 Å². The van der Waals surface area contributed by atoms with Crippen molar-refractivity contribution < 1.29 is 4.74 Å². The molecule has 0 unspecified atom stereocenters. The van der Waals surface area contributed by atoms with Gasteiger partial charge < -0.3 is 9.64 Å². The van der Waals surface area contributed by atoms with E-state index in [1.807, 2.05) is 6.07 Å². The molecule has 0 saturated heterocycles. The molecule has 1 aliphatic heterocycles. The van der Waals surface area contributed by atoms with E-state index in [0.717, 1.165) is 30.6 Å². The molecule has 0 radical (unpaired) electrons. The Hall–Kier alpha value is -0.700. The lowest BCUT2D eigenvalue weighted by Gasteiger charge is -2.18. The van der Waals surface area contributed by atoms with Gasteiger partial charge in [-0.2, -0.15) is 0 Å². The summed E-state index contributed by atoms with van der Waals surface area (Å²) in [6.45, 7) is 2.29. The summed E-state index contributed by atoms with van der Waals surface area (Å²) in [5, 5.41) is 1.08. The molecule has 0 bridgehead atoms. The molecular formula is C12H16BrNO. The summed E-state index contributed by atoms with van der Waals surface area (Å²) >= 11 is 3.47. The highest BCUT2D eigenvalue weighted by Crippen LogP contribution is 2.31. The van der Waals surface area contributed by atoms with Gasteiger partial charge in [-0.15, -0.1) is 0 Å². The maximum absolute atomic E-state index is 5.23. The first-order valence-electron chi connectivity index (χ1n) is 5.33. The van der Waals surface area contributed by atoms with Crippen molar-refractivity contribution in [3.8, 4) is 5.75 Å². The second-order valence-electron chi connectivity index (χ2n) is 3.77. The number of nitrogens with zero attached hydrogens (tertiary/aromatic N) is 1. The Balaban J connectivity index is 2.13. The third kappa shape index (κ3) is 2.28. The highest BCUT2D eigenvalue weighted by Gasteiger charge is 2.18. The zero-order valence-electron chi connectivity index (χ0n) is 9.00. The summed E-state index contributed by atoms with van der Waals surface area (Å²) < 4.78 is 5.23. The van der Waals surface area contributed by atoms with E-state index in [0.29, 0.717) is 0 Å².